The largest absolute Gasteiger partial charge is 1.00 e. The second kappa shape index (κ2) is 7.51. The Morgan fingerprint density at radius 3 is 2.42 bits per heavy atom. The summed E-state index contributed by atoms with van der Waals surface area (Å²) in [5.41, 5.74) is 0. The predicted octanol–water partition coefficient (Wildman–Crippen LogP) is -1.01. The Morgan fingerprint density at radius 2 is 1.92 bits per heavy atom. The molecule has 0 aliphatic heterocycles. The van der Waals surface area contributed by atoms with Crippen molar-refractivity contribution < 1.29 is 29.6 Å². The monoisotopic (exact) mass is 211 g/mol. The third-order valence-corrected chi connectivity index (χ3v) is 2.55. The van der Waals surface area contributed by atoms with Crippen LogP contribution < -0.4 is 34.9 Å². The summed E-state index contributed by atoms with van der Waals surface area (Å²) in [5.74, 6) is 0.824. The van der Waals surface area contributed by atoms with Crippen molar-refractivity contribution in [2.75, 3.05) is 6.54 Å². The Hall–Kier alpha value is 1.11. The van der Waals surface area contributed by atoms with Crippen molar-refractivity contribution in [2.24, 2.45) is 5.92 Å². The van der Waals surface area contributed by atoms with Gasteiger partial charge < -0.3 is 30.2 Å². The van der Waals surface area contributed by atoms with Crippen molar-refractivity contribution in [3.8, 4) is 0 Å². The Bertz CT molecular complexity index is 135. The summed E-state index contributed by atoms with van der Waals surface area (Å²) >= 11 is 9.54. The molecule has 0 aromatic carbocycles. The van der Waals surface area contributed by atoms with E-state index in [0.29, 0.717) is 4.32 Å². The van der Waals surface area contributed by atoms with Crippen LogP contribution in [0.25, 0.3) is 0 Å². The summed E-state index contributed by atoms with van der Waals surface area (Å²) in [4.78, 5) is 0. The third-order valence-electron chi connectivity index (χ3n) is 2.26. The summed E-state index contributed by atoms with van der Waals surface area (Å²) in [6.07, 6.45) is 6.89. The number of thiocarbonyl (C=S) groups is 1. The second-order valence-electron chi connectivity index (χ2n) is 3.17. The van der Waals surface area contributed by atoms with Gasteiger partial charge in [0.2, 0.25) is 0 Å². The number of nitrogens with one attached hydrogen (secondary N) is 1. The molecule has 0 unspecified atom stereocenters. The molecule has 1 fully saturated rings. The van der Waals surface area contributed by atoms with Crippen LogP contribution in [0.15, 0.2) is 0 Å². The molecule has 1 nitrogen and oxygen atoms in total. The fraction of sp³-hybridized carbons (Fsp3) is 0.875. The van der Waals surface area contributed by atoms with Gasteiger partial charge in [0, 0.05) is 6.54 Å². The van der Waals surface area contributed by atoms with Gasteiger partial charge in [0.15, 0.2) is 0 Å². The molecule has 1 aliphatic carbocycles. The van der Waals surface area contributed by atoms with Gasteiger partial charge in [0.05, 0.1) is 0 Å². The molecule has 0 radical (unpaired) electrons. The van der Waals surface area contributed by atoms with Crippen LogP contribution in [-0.4, -0.2) is 10.9 Å². The first-order chi connectivity index (χ1) is 5.29. The fourth-order valence-corrected chi connectivity index (χ4v) is 1.79. The summed E-state index contributed by atoms with van der Waals surface area (Å²) in [7, 11) is 0. The zero-order chi connectivity index (χ0) is 8.10. The molecule has 0 saturated heterocycles. The van der Waals surface area contributed by atoms with E-state index >= 15 is 0 Å². The van der Waals surface area contributed by atoms with Crippen LogP contribution in [-0.2, 0) is 12.6 Å². The van der Waals surface area contributed by atoms with Crippen LogP contribution in [0.4, 0.5) is 0 Å². The minimum Gasteiger partial charge on any atom is -0.412 e. The van der Waals surface area contributed by atoms with E-state index in [0.717, 1.165) is 12.5 Å². The van der Waals surface area contributed by atoms with E-state index in [1.165, 1.54) is 32.1 Å². The van der Waals surface area contributed by atoms with Gasteiger partial charge in [0.1, 0.15) is 0 Å². The van der Waals surface area contributed by atoms with Gasteiger partial charge in [-0.15, -0.1) is 0 Å². The van der Waals surface area contributed by atoms with Crippen molar-refractivity contribution >= 4 is 29.2 Å². The van der Waals surface area contributed by atoms with E-state index in [9.17, 15) is 0 Å². The van der Waals surface area contributed by atoms with Crippen LogP contribution in [0.1, 0.15) is 32.1 Å². The third kappa shape index (κ3) is 5.70. The van der Waals surface area contributed by atoms with Gasteiger partial charge in [-0.3, -0.25) is 0 Å². The van der Waals surface area contributed by atoms with Gasteiger partial charge in [-0.2, -0.15) is 0 Å². The van der Waals surface area contributed by atoms with Crippen LogP contribution >= 0.6 is 12.2 Å². The van der Waals surface area contributed by atoms with E-state index < -0.39 is 0 Å². The average molecular weight is 211 g/mol. The second-order valence-corrected chi connectivity index (χ2v) is 4.25. The Labute approximate surface area is 108 Å². The predicted molar refractivity (Wildman–Crippen MR) is 54.5 cm³/mol. The SMILES string of the molecule is S=C([S-])NCC1CCCCC1.[Na+]. The molecule has 0 heterocycles. The van der Waals surface area contributed by atoms with Crippen molar-refractivity contribution in [1.82, 2.24) is 5.32 Å². The van der Waals surface area contributed by atoms with Crippen LogP contribution in [0.3, 0.4) is 0 Å². The molecule has 0 amide bonds. The van der Waals surface area contributed by atoms with Crippen molar-refractivity contribution in [3.63, 3.8) is 0 Å². The van der Waals surface area contributed by atoms with Crippen LogP contribution in [0.2, 0.25) is 0 Å². The smallest absolute Gasteiger partial charge is 0.412 e. The summed E-state index contributed by atoms with van der Waals surface area (Å²) in [6, 6.07) is 0. The topological polar surface area (TPSA) is 12.0 Å². The van der Waals surface area contributed by atoms with Crippen LogP contribution in [0, 0.1) is 5.92 Å². The van der Waals surface area contributed by atoms with Gasteiger partial charge in [-0.25, -0.2) is 0 Å². The number of hydrogen-bond acceptors (Lipinski definition) is 2. The molecular weight excluding hydrogens is 197 g/mol. The van der Waals surface area contributed by atoms with Crippen molar-refractivity contribution in [3.05, 3.63) is 0 Å². The van der Waals surface area contributed by atoms with Gasteiger partial charge in [0.25, 0.3) is 0 Å². The quantitative estimate of drug-likeness (QED) is 0.357. The number of rotatable bonds is 2. The molecule has 1 saturated carbocycles. The van der Waals surface area contributed by atoms with Gasteiger partial charge in [-0.05, 0) is 18.8 Å². The Kier molecular flexibility index (Phi) is 8.20. The zero-order valence-electron chi connectivity index (χ0n) is 7.64. The molecule has 0 aromatic rings. The summed E-state index contributed by atoms with van der Waals surface area (Å²) in [6.45, 7) is 1.00. The van der Waals surface area contributed by atoms with E-state index in [4.69, 9.17) is 24.8 Å². The Balaban J connectivity index is 0.00000121. The molecule has 12 heavy (non-hydrogen) atoms. The first kappa shape index (κ1) is 13.1. The molecular formula is C8H14NNaS2. The molecule has 1 N–H and O–H groups in total. The zero-order valence-corrected chi connectivity index (χ0v) is 11.3. The summed E-state index contributed by atoms with van der Waals surface area (Å²) in [5, 5.41) is 3.06. The van der Waals surface area contributed by atoms with Crippen LogP contribution in [0.5, 0.6) is 0 Å². The van der Waals surface area contributed by atoms with E-state index in [1.54, 1.807) is 0 Å². The maximum atomic E-state index is 4.77. The maximum Gasteiger partial charge on any atom is 1.00 e. The van der Waals surface area contributed by atoms with E-state index in [2.05, 4.69) is 5.32 Å². The average Bonchev–Trinajstić information content (AvgIpc) is 2.03. The number of hydrogen-bond donors (Lipinski definition) is 1. The molecule has 0 bridgehead atoms. The first-order valence-electron chi connectivity index (χ1n) is 4.24. The molecule has 1 aliphatic rings. The molecule has 4 heteroatoms. The normalized spacial score (nSPS) is 18.0. The molecule has 64 valence electrons. The van der Waals surface area contributed by atoms with Gasteiger partial charge >= 0.3 is 29.6 Å². The minimum absolute atomic E-state index is 0. The van der Waals surface area contributed by atoms with Crippen molar-refractivity contribution in [2.45, 2.75) is 32.1 Å². The Morgan fingerprint density at radius 1 is 1.33 bits per heavy atom. The standard InChI is InChI=1S/C8H15NS2.Na/c10-8(11)9-6-7-4-2-1-3-5-7;/h7H,1-6H2,(H2,9,10,11);/q;+1/p-1. The van der Waals surface area contributed by atoms with Gasteiger partial charge in [-0.1, -0.05) is 23.6 Å². The fourth-order valence-electron chi connectivity index (χ4n) is 1.62. The molecule has 0 atom stereocenters. The molecule has 0 spiro atoms. The maximum absolute atomic E-state index is 4.77. The molecule has 0 aromatic heterocycles. The first-order valence-corrected chi connectivity index (χ1v) is 5.05. The minimum atomic E-state index is 0. The summed E-state index contributed by atoms with van der Waals surface area (Å²) < 4.78 is 0.524. The molecule has 1 rings (SSSR count). The van der Waals surface area contributed by atoms with E-state index in [1.807, 2.05) is 0 Å². The van der Waals surface area contributed by atoms with E-state index in [-0.39, 0.29) is 29.6 Å². The van der Waals surface area contributed by atoms with Crippen molar-refractivity contribution in [1.29, 1.82) is 0 Å².